The van der Waals surface area contributed by atoms with Crippen LogP contribution >= 0.6 is 0 Å². The lowest BCUT2D eigenvalue weighted by molar-refractivity contribution is 0.0592. The van der Waals surface area contributed by atoms with Crippen LogP contribution in [0.2, 0.25) is 0 Å². The van der Waals surface area contributed by atoms with E-state index in [9.17, 15) is 4.79 Å². The summed E-state index contributed by atoms with van der Waals surface area (Å²) in [6.07, 6.45) is 3.15. The highest BCUT2D eigenvalue weighted by atomic mass is 16.5. The average Bonchev–Trinajstić information content (AvgIpc) is 3.01. The van der Waals surface area contributed by atoms with Gasteiger partial charge < -0.3 is 9.26 Å². The molecule has 7 heteroatoms. The van der Waals surface area contributed by atoms with E-state index in [0.717, 1.165) is 12.1 Å². The molecule has 0 unspecified atom stereocenters. The minimum Gasteiger partial charge on any atom is -0.464 e. The number of methoxy groups -OCH3 is 1. The first kappa shape index (κ1) is 12.3. The molecule has 0 aliphatic rings. The van der Waals surface area contributed by atoms with Crippen molar-refractivity contribution in [1.29, 1.82) is 0 Å². The van der Waals surface area contributed by atoms with Gasteiger partial charge in [-0.3, -0.25) is 0 Å². The molecule has 0 spiro atoms. The first-order valence-corrected chi connectivity index (χ1v) is 5.66. The third-order valence-electron chi connectivity index (χ3n) is 2.50. The molecule has 0 N–H and O–H groups in total. The molecule has 0 aliphatic carbocycles. The largest absolute Gasteiger partial charge is 0.464 e. The van der Waals surface area contributed by atoms with Gasteiger partial charge in [0.25, 0.3) is 0 Å². The molecule has 96 valence electrons. The highest BCUT2D eigenvalue weighted by Gasteiger charge is 2.20. The number of carbonyl (C=O) groups is 1. The van der Waals surface area contributed by atoms with Gasteiger partial charge in [0.05, 0.1) is 19.0 Å². The van der Waals surface area contributed by atoms with Crippen molar-refractivity contribution in [2.45, 2.75) is 26.3 Å². The first-order valence-electron chi connectivity index (χ1n) is 5.66. The second kappa shape index (κ2) is 5.44. The van der Waals surface area contributed by atoms with Gasteiger partial charge >= 0.3 is 5.97 Å². The lowest BCUT2D eigenvalue weighted by Gasteiger charge is -2.04. The van der Waals surface area contributed by atoms with E-state index in [-0.39, 0.29) is 5.69 Å². The van der Waals surface area contributed by atoms with Gasteiger partial charge in [0.2, 0.25) is 0 Å². The van der Waals surface area contributed by atoms with Crippen LogP contribution in [-0.2, 0) is 17.7 Å². The maximum atomic E-state index is 11.6. The maximum absolute atomic E-state index is 11.6. The fourth-order valence-corrected chi connectivity index (χ4v) is 1.67. The highest BCUT2D eigenvalue weighted by molar-refractivity contribution is 5.88. The van der Waals surface area contributed by atoms with Crippen LogP contribution in [0.25, 0.3) is 0 Å². The summed E-state index contributed by atoms with van der Waals surface area (Å²) in [5.74, 6) is 0.191. The smallest absolute Gasteiger partial charge is 0.360 e. The molecule has 2 aromatic heterocycles. The topological polar surface area (TPSA) is 83.0 Å². The molecule has 18 heavy (non-hydrogen) atoms. The summed E-state index contributed by atoms with van der Waals surface area (Å²) in [5.41, 5.74) is 1.01. The van der Waals surface area contributed by atoms with Crippen LogP contribution < -0.4 is 0 Å². The Labute approximate surface area is 104 Å². The summed E-state index contributed by atoms with van der Waals surface area (Å²) in [6.45, 7) is 2.42. The molecule has 0 fully saturated rings. The second-order valence-electron chi connectivity index (χ2n) is 3.76. The van der Waals surface area contributed by atoms with Crippen molar-refractivity contribution >= 4 is 5.97 Å². The van der Waals surface area contributed by atoms with Crippen LogP contribution in [0, 0.1) is 0 Å². The van der Waals surface area contributed by atoms with Gasteiger partial charge in [-0.2, -0.15) is 0 Å². The maximum Gasteiger partial charge on any atom is 0.360 e. The van der Waals surface area contributed by atoms with Crippen molar-refractivity contribution in [2.75, 3.05) is 7.11 Å². The van der Waals surface area contributed by atoms with Crippen LogP contribution in [-0.4, -0.2) is 33.2 Å². The normalized spacial score (nSPS) is 10.6. The Bertz CT molecular complexity index is 518. The van der Waals surface area contributed by atoms with E-state index in [2.05, 4.69) is 20.2 Å². The average molecular weight is 250 g/mol. The quantitative estimate of drug-likeness (QED) is 0.738. The van der Waals surface area contributed by atoms with Gasteiger partial charge in [-0.1, -0.05) is 23.7 Å². The van der Waals surface area contributed by atoms with E-state index in [1.165, 1.54) is 7.11 Å². The van der Waals surface area contributed by atoms with Crippen LogP contribution in [0.5, 0.6) is 0 Å². The standard InChI is InChI=1S/C11H14N4O3/c1-3-4-9-10(11(16)17-2)13-14-15(9)7-8-5-6-12-18-8/h5-6H,3-4,7H2,1-2H3. The van der Waals surface area contributed by atoms with E-state index in [1.807, 2.05) is 6.92 Å². The predicted molar refractivity (Wildman–Crippen MR) is 61.0 cm³/mol. The zero-order valence-corrected chi connectivity index (χ0v) is 10.3. The number of nitrogens with zero attached hydrogens (tertiary/aromatic N) is 4. The van der Waals surface area contributed by atoms with Crippen molar-refractivity contribution in [2.24, 2.45) is 0 Å². The molecule has 0 radical (unpaired) electrons. The number of hydrogen-bond donors (Lipinski definition) is 0. The number of aromatic nitrogens is 4. The minimum atomic E-state index is -0.470. The summed E-state index contributed by atoms with van der Waals surface area (Å²) >= 11 is 0. The molecule has 0 aliphatic heterocycles. The first-order chi connectivity index (χ1) is 8.76. The molecule has 0 aromatic carbocycles. The van der Waals surface area contributed by atoms with Crippen LogP contribution in [0.3, 0.4) is 0 Å². The molecule has 0 amide bonds. The van der Waals surface area contributed by atoms with Gasteiger partial charge in [-0.15, -0.1) is 5.10 Å². The van der Waals surface area contributed by atoms with Gasteiger partial charge in [-0.05, 0) is 6.42 Å². The Kier molecular flexibility index (Phi) is 3.71. The van der Waals surface area contributed by atoms with Crippen molar-refractivity contribution < 1.29 is 14.1 Å². The summed E-state index contributed by atoms with van der Waals surface area (Å²) in [5, 5.41) is 11.4. The molecule has 2 rings (SSSR count). The molecule has 0 saturated heterocycles. The Morgan fingerprint density at radius 2 is 2.39 bits per heavy atom. The Balaban J connectivity index is 2.29. The number of hydrogen-bond acceptors (Lipinski definition) is 6. The zero-order valence-electron chi connectivity index (χ0n) is 10.3. The van der Waals surface area contributed by atoms with E-state index < -0.39 is 5.97 Å². The van der Waals surface area contributed by atoms with Gasteiger partial charge in [-0.25, -0.2) is 9.48 Å². The van der Waals surface area contributed by atoms with E-state index in [1.54, 1.807) is 16.9 Å². The number of rotatable bonds is 5. The molecule has 0 saturated carbocycles. The van der Waals surface area contributed by atoms with Crippen molar-refractivity contribution in [1.82, 2.24) is 20.2 Å². The Morgan fingerprint density at radius 3 is 3.00 bits per heavy atom. The molecule has 0 bridgehead atoms. The van der Waals surface area contributed by atoms with Gasteiger partial charge in [0, 0.05) is 6.07 Å². The van der Waals surface area contributed by atoms with Crippen molar-refractivity contribution in [3.63, 3.8) is 0 Å². The fourth-order valence-electron chi connectivity index (χ4n) is 1.67. The Morgan fingerprint density at radius 1 is 1.56 bits per heavy atom. The SMILES string of the molecule is CCCc1c(C(=O)OC)nnn1Cc1ccno1. The summed E-state index contributed by atoms with van der Waals surface area (Å²) in [7, 11) is 1.33. The monoisotopic (exact) mass is 250 g/mol. The van der Waals surface area contributed by atoms with Crippen LogP contribution in [0.1, 0.15) is 35.3 Å². The lowest BCUT2D eigenvalue weighted by Crippen LogP contribution is -2.10. The Hall–Kier alpha value is -2.18. The number of ether oxygens (including phenoxy) is 1. The molecular formula is C11H14N4O3. The molecule has 0 atom stereocenters. The third kappa shape index (κ3) is 2.39. The van der Waals surface area contributed by atoms with E-state index >= 15 is 0 Å². The van der Waals surface area contributed by atoms with E-state index in [4.69, 9.17) is 4.52 Å². The number of esters is 1. The summed E-state index contributed by atoms with van der Waals surface area (Å²) in [6, 6.07) is 1.75. The van der Waals surface area contributed by atoms with E-state index in [0.29, 0.717) is 18.7 Å². The predicted octanol–water partition coefficient (Wildman–Crippen LogP) is 1.05. The fraction of sp³-hybridized carbons (Fsp3) is 0.455. The number of carbonyl (C=O) groups excluding carboxylic acids is 1. The van der Waals surface area contributed by atoms with Gasteiger partial charge in [0.15, 0.2) is 11.5 Å². The van der Waals surface area contributed by atoms with Gasteiger partial charge in [0.1, 0.15) is 6.54 Å². The third-order valence-corrected chi connectivity index (χ3v) is 2.50. The van der Waals surface area contributed by atoms with Crippen LogP contribution in [0.15, 0.2) is 16.8 Å². The van der Waals surface area contributed by atoms with Crippen molar-refractivity contribution in [3.05, 3.63) is 29.4 Å². The lowest BCUT2D eigenvalue weighted by atomic mass is 10.2. The molecule has 2 aromatic rings. The summed E-state index contributed by atoms with van der Waals surface area (Å²) in [4.78, 5) is 11.6. The molecule has 7 nitrogen and oxygen atoms in total. The van der Waals surface area contributed by atoms with Crippen molar-refractivity contribution in [3.8, 4) is 0 Å². The second-order valence-corrected chi connectivity index (χ2v) is 3.76. The summed E-state index contributed by atoms with van der Waals surface area (Å²) < 4.78 is 11.3. The highest BCUT2D eigenvalue weighted by Crippen LogP contribution is 2.12. The zero-order chi connectivity index (χ0) is 13.0. The molecule has 2 heterocycles. The van der Waals surface area contributed by atoms with Crippen LogP contribution in [0.4, 0.5) is 0 Å². The minimum absolute atomic E-state index is 0.263. The molecular weight excluding hydrogens is 236 g/mol.